The standard InChI is InChI=1S/C29H25N3O6S/c1-5-15-37-28(36)22-16(3)30-29-32(24(22)18-11-13-19(14-12-18)38-17(4)33)27(35)25(39-29)23-20-9-7-8-10-21(20)31(6-2)26(23)34/h5,7-14,24H,1,6,15H2,2-4H3/b25-23+/t24-/m1/s1. The van der Waals surface area contributed by atoms with Gasteiger partial charge in [0.05, 0.1) is 28.6 Å². The summed E-state index contributed by atoms with van der Waals surface area (Å²) >= 11 is 1.11. The first-order chi connectivity index (χ1) is 18.8. The zero-order valence-electron chi connectivity index (χ0n) is 21.6. The summed E-state index contributed by atoms with van der Waals surface area (Å²) in [6, 6.07) is 13.0. The molecule has 2 aromatic carbocycles. The smallest absolute Gasteiger partial charge is 0.338 e. The zero-order chi connectivity index (χ0) is 27.8. The molecular formula is C29H25N3O6S. The number of hydrogen-bond acceptors (Lipinski definition) is 8. The molecule has 1 amide bonds. The normalized spacial score (nSPS) is 17.4. The number of allylic oxidation sites excluding steroid dienone is 1. The van der Waals surface area contributed by atoms with Gasteiger partial charge < -0.3 is 14.4 Å². The lowest BCUT2D eigenvalue weighted by Crippen LogP contribution is -2.41. The molecule has 3 heterocycles. The second kappa shape index (κ2) is 10.3. The van der Waals surface area contributed by atoms with E-state index in [1.165, 1.54) is 17.6 Å². The number of nitrogens with zero attached hydrogens (tertiary/aromatic N) is 3. The van der Waals surface area contributed by atoms with E-state index < -0.39 is 23.5 Å². The number of carbonyl (C=O) groups is 3. The summed E-state index contributed by atoms with van der Waals surface area (Å²) in [5, 5.41) is 0. The van der Waals surface area contributed by atoms with Gasteiger partial charge in [0.2, 0.25) is 0 Å². The van der Waals surface area contributed by atoms with E-state index in [0.717, 1.165) is 17.0 Å². The van der Waals surface area contributed by atoms with E-state index in [4.69, 9.17) is 9.47 Å². The zero-order valence-corrected chi connectivity index (χ0v) is 22.4. The third kappa shape index (κ3) is 4.42. The largest absolute Gasteiger partial charge is 0.458 e. The second-order valence-corrected chi connectivity index (χ2v) is 9.87. The van der Waals surface area contributed by atoms with Crippen molar-refractivity contribution in [3.63, 3.8) is 0 Å². The summed E-state index contributed by atoms with van der Waals surface area (Å²) < 4.78 is 12.2. The van der Waals surface area contributed by atoms with Crippen LogP contribution in [0.25, 0.3) is 5.57 Å². The van der Waals surface area contributed by atoms with E-state index in [1.54, 1.807) is 36.1 Å². The van der Waals surface area contributed by atoms with Gasteiger partial charge in [-0.3, -0.25) is 19.0 Å². The van der Waals surface area contributed by atoms with Crippen LogP contribution in [-0.2, 0) is 19.1 Å². The highest BCUT2D eigenvalue weighted by Gasteiger charge is 2.37. The van der Waals surface area contributed by atoms with E-state index in [-0.39, 0.29) is 22.6 Å². The van der Waals surface area contributed by atoms with Crippen LogP contribution in [0.3, 0.4) is 0 Å². The van der Waals surface area contributed by atoms with Crippen LogP contribution in [0.2, 0.25) is 0 Å². The minimum absolute atomic E-state index is 0.0135. The van der Waals surface area contributed by atoms with Gasteiger partial charge >= 0.3 is 11.9 Å². The fourth-order valence-electron chi connectivity index (χ4n) is 4.86. The molecule has 39 heavy (non-hydrogen) atoms. The number of esters is 2. The number of ether oxygens (including phenoxy) is 2. The van der Waals surface area contributed by atoms with Crippen LogP contribution in [0.4, 0.5) is 5.69 Å². The molecule has 198 valence electrons. The Morgan fingerprint density at radius 1 is 1.13 bits per heavy atom. The molecule has 0 saturated carbocycles. The fourth-order valence-corrected chi connectivity index (χ4v) is 6.00. The molecule has 0 unspecified atom stereocenters. The molecule has 10 heteroatoms. The predicted molar refractivity (Wildman–Crippen MR) is 146 cm³/mol. The summed E-state index contributed by atoms with van der Waals surface area (Å²) in [7, 11) is 0. The summed E-state index contributed by atoms with van der Waals surface area (Å²) in [5.41, 5.74) is 2.46. The molecule has 0 saturated heterocycles. The molecule has 0 radical (unpaired) electrons. The van der Waals surface area contributed by atoms with E-state index in [1.807, 2.05) is 31.2 Å². The average molecular weight is 544 g/mol. The third-order valence-electron chi connectivity index (χ3n) is 6.47. The van der Waals surface area contributed by atoms with Crippen molar-refractivity contribution in [3.05, 3.63) is 103 Å². The van der Waals surface area contributed by atoms with Gasteiger partial charge in [-0.25, -0.2) is 9.79 Å². The first-order valence-corrected chi connectivity index (χ1v) is 13.1. The van der Waals surface area contributed by atoms with Gasteiger partial charge in [0.1, 0.15) is 16.9 Å². The molecule has 0 aliphatic carbocycles. The van der Waals surface area contributed by atoms with Gasteiger partial charge in [0, 0.05) is 19.0 Å². The van der Waals surface area contributed by atoms with Gasteiger partial charge in [0.15, 0.2) is 4.80 Å². The Bertz CT molecular complexity index is 1750. The third-order valence-corrected chi connectivity index (χ3v) is 7.53. The number of para-hydroxylation sites is 1. The topological polar surface area (TPSA) is 107 Å². The second-order valence-electron chi connectivity index (χ2n) is 8.89. The average Bonchev–Trinajstić information content (AvgIpc) is 3.38. The van der Waals surface area contributed by atoms with Crippen molar-refractivity contribution in [1.82, 2.24) is 4.57 Å². The number of thiazole rings is 1. The van der Waals surface area contributed by atoms with Crippen molar-refractivity contribution < 1.29 is 23.9 Å². The van der Waals surface area contributed by atoms with Crippen LogP contribution in [0.15, 0.2) is 82.2 Å². The molecule has 2 aliphatic rings. The van der Waals surface area contributed by atoms with E-state index in [0.29, 0.717) is 39.5 Å². The number of fused-ring (bicyclic) bond motifs is 2. The molecule has 1 atom stereocenters. The number of benzene rings is 2. The SMILES string of the molecule is C=CCOC(=O)C1=C(C)N=c2s/c(=C3/C(=O)N(CC)c4ccccc43)c(=O)n2[C@@H]1c1ccc(OC(C)=O)cc1. The number of carbonyl (C=O) groups excluding carboxylic acids is 3. The lowest BCUT2D eigenvalue weighted by molar-refractivity contribution is -0.138. The Balaban J connectivity index is 1.76. The molecule has 9 nitrogen and oxygen atoms in total. The van der Waals surface area contributed by atoms with Crippen LogP contribution in [0.1, 0.15) is 37.9 Å². The lowest BCUT2D eigenvalue weighted by Gasteiger charge is -2.24. The molecule has 0 spiro atoms. The van der Waals surface area contributed by atoms with Gasteiger partial charge in [-0.2, -0.15) is 0 Å². The van der Waals surface area contributed by atoms with Gasteiger partial charge in [-0.1, -0.05) is 54.3 Å². The maximum atomic E-state index is 14.1. The van der Waals surface area contributed by atoms with Gasteiger partial charge in [0.25, 0.3) is 11.5 Å². The monoisotopic (exact) mass is 543 g/mol. The Morgan fingerprint density at radius 3 is 2.51 bits per heavy atom. The van der Waals surface area contributed by atoms with E-state index >= 15 is 0 Å². The van der Waals surface area contributed by atoms with Crippen molar-refractivity contribution in [2.75, 3.05) is 18.1 Å². The summed E-state index contributed by atoms with van der Waals surface area (Å²) in [6.45, 7) is 8.89. The lowest BCUT2D eigenvalue weighted by atomic mass is 9.96. The summed E-state index contributed by atoms with van der Waals surface area (Å²) in [4.78, 5) is 58.8. The predicted octanol–water partition coefficient (Wildman–Crippen LogP) is 2.63. The Morgan fingerprint density at radius 2 is 1.85 bits per heavy atom. The Labute approximate surface area is 227 Å². The minimum Gasteiger partial charge on any atom is -0.458 e. The highest BCUT2D eigenvalue weighted by molar-refractivity contribution is 7.07. The molecule has 5 rings (SSSR count). The maximum absolute atomic E-state index is 14.1. The highest BCUT2D eigenvalue weighted by atomic mass is 32.1. The Kier molecular flexibility index (Phi) is 6.88. The van der Waals surface area contributed by atoms with Crippen LogP contribution < -0.4 is 24.5 Å². The van der Waals surface area contributed by atoms with Crippen LogP contribution in [0.5, 0.6) is 5.75 Å². The number of amides is 1. The van der Waals surface area contributed by atoms with Crippen molar-refractivity contribution in [1.29, 1.82) is 0 Å². The molecule has 2 aliphatic heterocycles. The molecule has 0 bridgehead atoms. The van der Waals surface area contributed by atoms with Crippen LogP contribution >= 0.6 is 11.3 Å². The number of rotatable bonds is 6. The molecule has 0 fully saturated rings. The molecular weight excluding hydrogens is 518 g/mol. The maximum Gasteiger partial charge on any atom is 0.338 e. The Hall–Kier alpha value is -4.57. The highest BCUT2D eigenvalue weighted by Crippen LogP contribution is 2.35. The quantitative estimate of drug-likeness (QED) is 0.269. The number of hydrogen-bond donors (Lipinski definition) is 0. The van der Waals surface area contributed by atoms with E-state index in [9.17, 15) is 19.2 Å². The van der Waals surface area contributed by atoms with E-state index in [2.05, 4.69) is 11.6 Å². The van der Waals surface area contributed by atoms with Crippen molar-refractivity contribution in [3.8, 4) is 5.75 Å². The van der Waals surface area contributed by atoms with Crippen LogP contribution in [0, 0.1) is 0 Å². The summed E-state index contributed by atoms with van der Waals surface area (Å²) in [5.74, 6) is -1.04. The van der Waals surface area contributed by atoms with Crippen molar-refractivity contribution in [2.45, 2.75) is 26.8 Å². The number of aromatic nitrogens is 1. The minimum atomic E-state index is -0.881. The summed E-state index contributed by atoms with van der Waals surface area (Å²) in [6.07, 6.45) is 1.45. The first-order valence-electron chi connectivity index (χ1n) is 12.3. The molecule has 3 aromatic rings. The molecule has 1 aromatic heterocycles. The van der Waals surface area contributed by atoms with Gasteiger partial charge in [-0.05, 0) is 37.6 Å². The molecule has 0 N–H and O–H groups in total. The number of likely N-dealkylation sites (N-methyl/N-ethyl adjacent to an activating group) is 1. The fraction of sp³-hybridized carbons (Fsp3) is 0.207. The van der Waals surface area contributed by atoms with Crippen LogP contribution in [-0.4, -0.2) is 35.6 Å². The van der Waals surface area contributed by atoms with Gasteiger partial charge in [-0.15, -0.1) is 0 Å². The van der Waals surface area contributed by atoms with Crippen molar-refractivity contribution in [2.24, 2.45) is 4.99 Å². The number of anilines is 1. The first kappa shape index (κ1) is 26.1. The van der Waals surface area contributed by atoms with Crippen molar-refractivity contribution >= 4 is 40.4 Å².